The van der Waals surface area contributed by atoms with Crippen LogP contribution in [0.25, 0.3) is 0 Å². The summed E-state index contributed by atoms with van der Waals surface area (Å²) in [4.78, 5) is 27.1. The zero-order valence-corrected chi connectivity index (χ0v) is 17.7. The molecule has 156 valence electrons. The summed E-state index contributed by atoms with van der Waals surface area (Å²) in [5.41, 5.74) is 0.897. The minimum Gasteiger partial charge on any atom is -0.497 e. The Kier molecular flexibility index (Phi) is 8.80. The van der Waals surface area contributed by atoms with Crippen LogP contribution in [0.2, 0.25) is 5.02 Å². The lowest BCUT2D eigenvalue weighted by Crippen LogP contribution is -2.50. The first kappa shape index (κ1) is 22.6. The SMILES string of the molecule is CCNC(=O)[C@@H](CC)N(Cc1ccc(OC)cc1)C(=O)COc1ccc(Cl)cc1. The van der Waals surface area contributed by atoms with Crippen LogP contribution in [0.1, 0.15) is 25.8 Å². The second-order valence-electron chi connectivity index (χ2n) is 6.43. The van der Waals surface area contributed by atoms with Gasteiger partial charge in [0.15, 0.2) is 6.61 Å². The van der Waals surface area contributed by atoms with Crippen molar-refractivity contribution in [3.63, 3.8) is 0 Å². The highest BCUT2D eigenvalue weighted by molar-refractivity contribution is 6.30. The monoisotopic (exact) mass is 418 g/mol. The summed E-state index contributed by atoms with van der Waals surface area (Å²) in [6.07, 6.45) is 0.495. The van der Waals surface area contributed by atoms with Crippen LogP contribution in [0.3, 0.4) is 0 Å². The number of hydrogen-bond acceptors (Lipinski definition) is 4. The van der Waals surface area contributed by atoms with Crippen molar-refractivity contribution in [2.24, 2.45) is 0 Å². The van der Waals surface area contributed by atoms with Gasteiger partial charge in [0, 0.05) is 18.1 Å². The molecule has 0 fully saturated rings. The van der Waals surface area contributed by atoms with Gasteiger partial charge >= 0.3 is 0 Å². The van der Waals surface area contributed by atoms with Gasteiger partial charge in [-0.3, -0.25) is 9.59 Å². The van der Waals surface area contributed by atoms with Crippen LogP contribution in [-0.4, -0.2) is 43.0 Å². The molecule has 0 unspecified atom stereocenters. The van der Waals surface area contributed by atoms with E-state index in [9.17, 15) is 9.59 Å². The van der Waals surface area contributed by atoms with Gasteiger partial charge in [0.1, 0.15) is 17.5 Å². The minimum atomic E-state index is -0.585. The van der Waals surface area contributed by atoms with Crippen molar-refractivity contribution in [1.29, 1.82) is 0 Å². The number of carbonyl (C=O) groups excluding carboxylic acids is 2. The fraction of sp³-hybridized carbons (Fsp3) is 0.364. The molecule has 0 saturated carbocycles. The van der Waals surface area contributed by atoms with Gasteiger partial charge in [-0.2, -0.15) is 0 Å². The van der Waals surface area contributed by atoms with E-state index in [1.54, 1.807) is 36.3 Å². The summed E-state index contributed by atoms with van der Waals surface area (Å²) in [7, 11) is 1.60. The third-order valence-corrected chi connectivity index (χ3v) is 4.68. The van der Waals surface area contributed by atoms with Crippen molar-refractivity contribution in [3.05, 3.63) is 59.1 Å². The van der Waals surface area contributed by atoms with E-state index < -0.39 is 6.04 Å². The van der Waals surface area contributed by atoms with Gasteiger partial charge in [-0.1, -0.05) is 30.7 Å². The second-order valence-corrected chi connectivity index (χ2v) is 6.87. The van der Waals surface area contributed by atoms with E-state index in [0.717, 1.165) is 11.3 Å². The van der Waals surface area contributed by atoms with Crippen molar-refractivity contribution in [2.75, 3.05) is 20.3 Å². The van der Waals surface area contributed by atoms with Gasteiger partial charge in [-0.05, 0) is 55.3 Å². The molecule has 0 spiro atoms. The minimum absolute atomic E-state index is 0.173. The second kappa shape index (κ2) is 11.3. The lowest BCUT2D eigenvalue weighted by Gasteiger charge is -2.30. The van der Waals surface area contributed by atoms with Crippen LogP contribution in [-0.2, 0) is 16.1 Å². The van der Waals surface area contributed by atoms with E-state index in [2.05, 4.69) is 5.32 Å². The van der Waals surface area contributed by atoms with E-state index >= 15 is 0 Å². The van der Waals surface area contributed by atoms with Gasteiger partial charge in [0.05, 0.1) is 7.11 Å². The quantitative estimate of drug-likeness (QED) is 0.639. The molecular formula is C22H27ClN2O4. The Hall–Kier alpha value is -2.73. The summed E-state index contributed by atoms with van der Waals surface area (Å²) in [5, 5.41) is 3.40. The van der Waals surface area contributed by atoms with Crippen molar-refractivity contribution in [3.8, 4) is 11.5 Å². The highest BCUT2D eigenvalue weighted by atomic mass is 35.5. The molecule has 6 nitrogen and oxygen atoms in total. The predicted octanol–water partition coefficient (Wildman–Crippen LogP) is 3.67. The fourth-order valence-electron chi connectivity index (χ4n) is 2.90. The molecule has 0 saturated heterocycles. The molecular weight excluding hydrogens is 392 g/mol. The average molecular weight is 419 g/mol. The number of ether oxygens (including phenoxy) is 2. The van der Waals surface area contributed by atoms with Crippen LogP contribution < -0.4 is 14.8 Å². The van der Waals surface area contributed by atoms with E-state index in [0.29, 0.717) is 30.3 Å². The largest absolute Gasteiger partial charge is 0.497 e. The molecule has 1 N–H and O–H groups in total. The third kappa shape index (κ3) is 6.68. The van der Waals surface area contributed by atoms with Crippen LogP contribution in [0.4, 0.5) is 0 Å². The molecule has 7 heteroatoms. The Bertz CT molecular complexity index is 793. The summed E-state index contributed by atoms with van der Waals surface area (Å²) < 4.78 is 10.8. The molecule has 0 radical (unpaired) electrons. The molecule has 0 heterocycles. The standard InChI is InChI=1S/C22H27ClN2O4/c1-4-20(22(27)24-5-2)25(14-16-6-10-18(28-3)11-7-16)21(26)15-29-19-12-8-17(23)9-13-19/h6-13,20H,4-5,14-15H2,1-3H3,(H,24,27)/t20-/m1/s1. The van der Waals surface area contributed by atoms with E-state index in [4.69, 9.17) is 21.1 Å². The Labute approximate surface area is 176 Å². The number of rotatable bonds is 10. The Morgan fingerprint density at radius 3 is 2.21 bits per heavy atom. The van der Waals surface area contributed by atoms with Gasteiger partial charge in [0.2, 0.25) is 5.91 Å². The molecule has 2 aromatic rings. The molecule has 2 rings (SSSR count). The molecule has 0 aliphatic heterocycles. The Morgan fingerprint density at radius 1 is 1.03 bits per heavy atom. The van der Waals surface area contributed by atoms with Crippen molar-refractivity contribution >= 4 is 23.4 Å². The number of benzene rings is 2. The number of halogens is 1. The van der Waals surface area contributed by atoms with Crippen LogP contribution in [0.15, 0.2) is 48.5 Å². The van der Waals surface area contributed by atoms with E-state index in [-0.39, 0.29) is 18.4 Å². The highest BCUT2D eigenvalue weighted by Crippen LogP contribution is 2.18. The average Bonchev–Trinajstić information content (AvgIpc) is 2.73. The number of hydrogen-bond donors (Lipinski definition) is 1. The van der Waals surface area contributed by atoms with Crippen LogP contribution in [0, 0.1) is 0 Å². The first-order valence-electron chi connectivity index (χ1n) is 9.56. The number of nitrogens with zero attached hydrogens (tertiary/aromatic N) is 1. The van der Waals surface area contributed by atoms with Crippen molar-refractivity contribution in [2.45, 2.75) is 32.9 Å². The van der Waals surface area contributed by atoms with E-state index in [1.165, 1.54) is 0 Å². The topological polar surface area (TPSA) is 67.9 Å². The lowest BCUT2D eigenvalue weighted by molar-refractivity contribution is -0.142. The highest BCUT2D eigenvalue weighted by Gasteiger charge is 2.28. The lowest BCUT2D eigenvalue weighted by atomic mass is 10.1. The molecule has 2 aromatic carbocycles. The maximum Gasteiger partial charge on any atom is 0.261 e. The molecule has 0 aliphatic carbocycles. The van der Waals surface area contributed by atoms with Gasteiger partial charge < -0.3 is 19.7 Å². The summed E-state index contributed by atoms with van der Waals surface area (Å²) in [6.45, 7) is 4.36. The number of carbonyl (C=O) groups is 2. The molecule has 2 amide bonds. The summed E-state index contributed by atoms with van der Waals surface area (Å²) in [5.74, 6) is 0.823. The van der Waals surface area contributed by atoms with Gasteiger partial charge in [-0.15, -0.1) is 0 Å². The maximum atomic E-state index is 13.0. The smallest absolute Gasteiger partial charge is 0.261 e. The molecule has 0 bridgehead atoms. The first-order valence-corrected chi connectivity index (χ1v) is 9.94. The Balaban J connectivity index is 2.17. The third-order valence-electron chi connectivity index (χ3n) is 4.42. The van der Waals surface area contributed by atoms with Crippen molar-refractivity contribution < 1.29 is 19.1 Å². The predicted molar refractivity (Wildman–Crippen MR) is 113 cm³/mol. The van der Waals surface area contributed by atoms with Crippen LogP contribution >= 0.6 is 11.6 Å². The summed E-state index contributed by atoms with van der Waals surface area (Å²) >= 11 is 5.88. The maximum absolute atomic E-state index is 13.0. The zero-order chi connectivity index (χ0) is 21.2. The number of likely N-dealkylation sites (N-methyl/N-ethyl adjacent to an activating group) is 1. The Morgan fingerprint density at radius 2 is 1.66 bits per heavy atom. The zero-order valence-electron chi connectivity index (χ0n) is 17.0. The number of methoxy groups -OCH3 is 1. The first-order chi connectivity index (χ1) is 14.0. The fourth-order valence-corrected chi connectivity index (χ4v) is 3.02. The van der Waals surface area contributed by atoms with Crippen molar-refractivity contribution in [1.82, 2.24) is 10.2 Å². The molecule has 1 atom stereocenters. The normalized spacial score (nSPS) is 11.4. The van der Waals surface area contributed by atoms with Gasteiger partial charge in [0.25, 0.3) is 5.91 Å². The van der Waals surface area contributed by atoms with Crippen LogP contribution in [0.5, 0.6) is 11.5 Å². The molecule has 0 aliphatic rings. The summed E-state index contributed by atoms with van der Waals surface area (Å²) in [6, 6.07) is 13.6. The molecule has 0 aromatic heterocycles. The molecule has 29 heavy (non-hydrogen) atoms. The van der Waals surface area contributed by atoms with Gasteiger partial charge in [-0.25, -0.2) is 0 Å². The number of amides is 2. The number of nitrogens with one attached hydrogen (secondary N) is 1. The van der Waals surface area contributed by atoms with E-state index in [1.807, 2.05) is 38.1 Å².